The van der Waals surface area contributed by atoms with E-state index < -0.39 is 0 Å². The highest BCUT2D eigenvalue weighted by atomic mass is 32.1. The van der Waals surface area contributed by atoms with Crippen LogP contribution in [0.1, 0.15) is 11.1 Å². The molecule has 0 radical (unpaired) electrons. The Morgan fingerprint density at radius 1 is 0.871 bits per heavy atom. The van der Waals surface area contributed by atoms with Gasteiger partial charge in [0.1, 0.15) is 11.5 Å². The molecule has 1 aliphatic rings. The molecular weight excluding hydrogens is 406 g/mol. The van der Waals surface area contributed by atoms with Crippen molar-refractivity contribution in [3.8, 4) is 11.5 Å². The summed E-state index contributed by atoms with van der Waals surface area (Å²) in [5.74, 6) is 1.72. The first-order valence-corrected chi connectivity index (χ1v) is 11.0. The summed E-state index contributed by atoms with van der Waals surface area (Å²) in [7, 11) is 3.33. The molecule has 0 saturated carbocycles. The Hall–Kier alpha value is -2.47. The molecule has 1 aliphatic heterocycles. The summed E-state index contributed by atoms with van der Waals surface area (Å²) in [5, 5.41) is 0. The summed E-state index contributed by atoms with van der Waals surface area (Å²) < 4.78 is 16.1. The number of nitrogens with zero attached hydrogens (tertiary/aromatic N) is 1. The van der Waals surface area contributed by atoms with Gasteiger partial charge in [0.05, 0.1) is 26.9 Å². The molecule has 0 bridgehead atoms. The number of thiol groups is 1. The van der Waals surface area contributed by atoms with Crippen LogP contribution in [0, 0.1) is 0 Å². The van der Waals surface area contributed by atoms with E-state index in [1.165, 1.54) is 11.1 Å². The summed E-state index contributed by atoms with van der Waals surface area (Å²) >= 11 is 4.15. The number of para-hydroxylation sites is 1. The van der Waals surface area contributed by atoms with Crippen LogP contribution >= 0.6 is 12.6 Å². The average Bonchev–Trinajstić information content (AvgIpc) is 2.81. The Kier molecular flexibility index (Phi) is 9.28. The second-order valence-corrected chi connectivity index (χ2v) is 7.92. The molecule has 1 heterocycles. The number of rotatable bonds is 6. The smallest absolute Gasteiger partial charge is 0.132 e. The van der Waals surface area contributed by atoms with E-state index in [1.807, 2.05) is 36.4 Å². The van der Waals surface area contributed by atoms with Crippen molar-refractivity contribution in [1.29, 1.82) is 0 Å². The Morgan fingerprint density at radius 3 is 2.23 bits per heavy atom. The number of methoxy groups -OCH3 is 2. The molecule has 0 aliphatic carbocycles. The zero-order valence-corrected chi connectivity index (χ0v) is 19.1. The van der Waals surface area contributed by atoms with Crippen molar-refractivity contribution in [2.45, 2.75) is 24.0 Å². The number of hydrogen-bond acceptors (Lipinski definition) is 5. The number of benzene rings is 3. The number of ether oxygens (including phenoxy) is 3. The lowest BCUT2D eigenvalue weighted by Gasteiger charge is -2.33. The van der Waals surface area contributed by atoms with Gasteiger partial charge in [0.25, 0.3) is 0 Å². The van der Waals surface area contributed by atoms with E-state index in [-0.39, 0.29) is 6.10 Å². The van der Waals surface area contributed by atoms with Crippen LogP contribution in [0.4, 0.5) is 0 Å². The monoisotopic (exact) mass is 437 g/mol. The van der Waals surface area contributed by atoms with Crippen molar-refractivity contribution in [2.75, 3.05) is 33.9 Å². The first-order chi connectivity index (χ1) is 15.2. The SMILES string of the molecule is COc1ccc(CC2CN(Cc3ccccc3)CCO2)cc1.COc1ccccc1S. The molecule has 164 valence electrons. The van der Waals surface area contributed by atoms with Crippen LogP contribution < -0.4 is 9.47 Å². The van der Waals surface area contributed by atoms with E-state index in [1.54, 1.807) is 14.2 Å². The molecule has 3 aromatic rings. The third-order valence-electron chi connectivity index (χ3n) is 5.18. The highest BCUT2D eigenvalue weighted by molar-refractivity contribution is 7.80. The van der Waals surface area contributed by atoms with E-state index >= 15 is 0 Å². The van der Waals surface area contributed by atoms with Gasteiger partial charge in [-0.3, -0.25) is 4.90 Å². The molecule has 4 rings (SSSR count). The van der Waals surface area contributed by atoms with Gasteiger partial charge in [0.15, 0.2) is 0 Å². The minimum absolute atomic E-state index is 0.269. The van der Waals surface area contributed by atoms with Crippen molar-refractivity contribution in [3.05, 3.63) is 90.0 Å². The molecule has 0 amide bonds. The van der Waals surface area contributed by atoms with Crippen molar-refractivity contribution in [3.63, 3.8) is 0 Å². The fraction of sp³-hybridized carbons (Fsp3) is 0.308. The van der Waals surface area contributed by atoms with Crippen molar-refractivity contribution < 1.29 is 14.2 Å². The maximum absolute atomic E-state index is 5.93. The molecule has 31 heavy (non-hydrogen) atoms. The highest BCUT2D eigenvalue weighted by Gasteiger charge is 2.20. The van der Waals surface area contributed by atoms with Gasteiger partial charge < -0.3 is 14.2 Å². The van der Waals surface area contributed by atoms with E-state index in [0.717, 1.165) is 49.1 Å². The number of morpholine rings is 1. The Balaban J connectivity index is 0.000000254. The second kappa shape index (κ2) is 12.4. The summed E-state index contributed by atoms with van der Waals surface area (Å²) in [4.78, 5) is 3.35. The largest absolute Gasteiger partial charge is 0.497 e. The van der Waals surface area contributed by atoms with E-state index in [2.05, 4.69) is 60.0 Å². The lowest BCUT2D eigenvalue weighted by molar-refractivity contribution is -0.0305. The standard InChI is InChI=1S/C19H23NO2.C7H8OS/c1-21-18-9-7-16(8-10-18)13-19-15-20(11-12-22-19)14-17-5-3-2-4-6-17;1-8-6-4-2-3-5-7(6)9/h2-10,19H,11-15H2,1H3;2-5,9H,1H3. The molecule has 4 nitrogen and oxygen atoms in total. The second-order valence-electron chi connectivity index (χ2n) is 7.44. The highest BCUT2D eigenvalue weighted by Crippen LogP contribution is 2.20. The lowest BCUT2D eigenvalue weighted by Crippen LogP contribution is -2.42. The van der Waals surface area contributed by atoms with Crippen molar-refractivity contribution >= 4 is 12.6 Å². The van der Waals surface area contributed by atoms with Gasteiger partial charge >= 0.3 is 0 Å². The van der Waals surface area contributed by atoms with E-state index in [4.69, 9.17) is 14.2 Å². The summed E-state index contributed by atoms with van der Waals surface area (Å²) in [6.07, 6.45) is 1.22. The van der Waals surface area contributed by atoms with Crippen LogP contribution in [0.15, 0.2) is 83.8 Å². The molecule has 1 atom stereocenters. The number of hydrogen-bond donors (Lipinski definition) is 1. The normalized spacial score (nSPS) is 16.2. The topological polar surface area (TPSA) is 30.9 Å². The molecule has 1 fully saturated rings. The maximum atomic E-state index is 5.93. The third-order valence-corrected chi connectivity index (χ3v) is 5.55. The average molecular weight is 438 g/mol. The molecule has 3 aromatic carbocycles. The van der Waals surface area contributed by atoms with Crippen LogP contribution in [0.5, 0.6) is 11.5 Å². The van der Waals surface area contributed by atoms with E-state index in [0.29, 0.717) is 0 Å². The van der Waals surface area contributed by atoms with Crippen LogP contribution in [-0.2, 0) is 17.7 Å². The van der Waals surface area contributed by atoms with Gasteiger partial charge in [-0.1, -0.05) is 54.6 Å². The molecule has 0 aromatic heterocycles. The van der Waals surface area contributed by atoms with Gasteiger partial charge in [-0.2, -0.15) is 0 Å². The zero-order valence-electron chi connectivity index (χ0n) is 18.2. The molecule has 0 N–H and O–H groups in total. The molecule has 5 heteroatoms. The fourth-order valence-corrected chi connectivity index (χ4v) is 3.80. The van der Waals surface area contributed by atoms with Crippen LogP contribution in [0.3, 0.4) is 0 Å². The predicted octanol–water partition coefficient (Wildman–Crippen LogP) is 5.12. The third kappa shape index (κ3) is 7.62. The lowest BCUT2D eigenvalue weighted by atomic mass is 10.1. The Morgan fingerprint density at radius 2 is 1.58 bits per heavy atom. The van der Waals surface area contributed by atoms with Crippen LogP contribution in [0.2, 0.25) is 0 Å². The quantitative estimate of drug-likeness (QED) is 0.542. The van der Waals surface area contributed by atoms with E-state index in [9.17, 15) is 0 Å². The van der Waals surface area contributed by atoms with Gasteiger partial charge in [0.2, 0.25) is 0 Å². The van der Waals surface area contributed by atoms with Crippen molar-refractivity contribution in [2.24, 2.45) is 0 Å². The van der Waals surface area contributed by atoms with Gasteiger partial charge in [-0.05, 0) is 41.8 Å². The molecular formula is C26H31NO3S. The molecule has 0 spiro atoms. The Bertz CT molecular complexity index is 902. The van der Waals surface area contributed by atoms with Crippen molar-refractivity contribution in [1.82, 2.24) is 4.90 Å². The first kappa shape index (κ1) is 23.2. The minimum atomic E-state index is 0.269. The summed E-state index contributed by atoms with van der Waals surface area (Å²) in [6, 6.07) is 26.5. The zero-order chi connectivity index (χ0) is 21.9. The summed E-state index contributed by atoms with van der Waals surface area (Å²) in [5.41, 5.74) is 2.67. The summed E-state index contributed by atoms with van der Waals surface area (Å²) in [6.45, 7) is 3.81. The minimum Gasteiger partial charge on any atom is -0.497 e. The molecule has 1 unspecified atom stereocenters. The first-order valence-electron chi connectivity index (χ1n) is 10.5. The Labute approximate surface area is 191 Å². The predicted molar refractivity (Wildman–Crippen MR) is 128 cm³/mol. The fourth-order valence-electron chi connectivity index (χ4n) is 3.54. The van der Waals surface area contributed by atoms with Crippen LogP contribution in [-0.4, -0.2) is 44.9 Å². The molecule has 1 saturated heterocycles. The van der Waals surface area contributed by atoms with Gasteiger partial charge in [-0.25, -0.2) is 0 Å². The maximum Gasteiger partial charge on any atom is 0.132 e. The van der Waals surface area contributed by atoms with Gasteiger partial charge in [0, 0.05) is 24.5 Å². The van der Waals surface area contributed by atoms with Gasteiger partial charge in [-0.15, -0.1) is 12.6 Å². The van der Waals surface area contributed by atoms with Crippen LogP contribution in [0.25, 0.3) is 0 Å².